The fraction of sp³-hybridized carbons (Fsp3) is 0.750. The van der Waals surface area contributed by atoms with Crippen molar-refractivity contribution in [1.29, 1.82) is 0 Å². The van der Waals surface area contributed by atoms with E-state index in [0.29, 0.717) is 6.42 Å². The Labute approximate surface area is 157 Å². The van der Waals surface area contributed by atoms with Crippen molar-refractivity contribution in [1.82, 2.24) is 15.3 Å². The van der Waals surface area contributed by atoms with E-state index >= 15 is 0 Å². The summed E-state index contributed by atoms with van der Waals surface area (Å²) in [7, 11) is -3.37. The predicted molar refractivity (Wildman–Crippen MR) is 96.9 cm³/mol. The van der Waals surface area contributed by atoms with Crippen molar-refractivity contribution in [2.75, 3.05) is 18.9 Å². The second-order valence-electron chi connectivity index (χ2n) is 6.91. The number of rotatable bonds is 9. The Kier molecular flexibility index (Phi) is 8.21. The molecule has 1 amide bonds. The van der Waals surface area contributed by atoms with Gasteiger partial charge in [-0.2, -0.15) is 0 Å². The van der Waals surface area contributed by atoms with Crippen LogP contribution in [0.2, 0.25) is 4.71 Å². The first-order chi connectivity index (χ1) is 11.9. The van der Waals surface area contributed by atoms with Crippen LogP contribution in [0, 0.1) is 5.92 Å². The van der Waals surface area contributed by atoms with Crippen LogP contribution in [-0.4, -0.2) is 67.7 Å². The van der Waals surface area contributed by atoms with Gasteiger partial charge in [-0.25, -0.2) is 0 Å². The predicted octanol–water partition coefficient (Wildman–Crippen LogP) is 1.24. The fourth-order valence-electron chi connectivity index (χ4n) is 3.28. The fourth-order valence-corrected chi connectivity index (χ4v) is 5.99. The molecule has 9 heteroatoms. The number of amides is 1. The first kappa shape index (κ1) is 20.7. The Bertz CT molecular complexity index is 578. The summed E-state index contributed by atoms with van der Waals surface area (Å²) in [5.74, 6) is 0.0757. The van der Waals surface area contributed by atoms with Gasteiger partial charge < -0.3 is 0 Å². The quantitative estimate of drug-likeness (QED) is 0.347. The molecule has 2 rings (SSSR count). The van der Waals surface area contributed by atoms with Gasteiger partial charge in [0.1, 0.15) is 0 Å². The number of aromatic nitrogens is 2. The number of H-pyrrole nitrogens is 1. The summed E-state index contributed by atoms with van der Waals surface area (Å²) < 4.78 is 12.0. The maximum atomic E-state index is 12.4. The first-order valence-corrected chi connectivity index (χ1v) is 11.9. The zero-order chi connectivity index (χ0) is 18.3. The summed E-state index contributed by atoms with van der Waals surface area (Å²) in [4.78, 5) is 29.0. The Balaban J connectivity index is 1.70. The van der Waals surface area contributed by atoms with Crippen molar-refractivity contribution in [3.8, 4) is 0 Å². The van der Waals surface area contributed by atoms with Gasteiger partial charge in [0.15, 0.2) is 0 Å². The van der Waals surface area contributed by atoms with Gasteiger partial charge in [0.2, 0.25) is 0 Å². The zero-order valence-electron chi connectivity index (χ0n) is 14.3. The van der Waals surface area contributed by atoms with Crippen LogP contribution >= 0.6 is 7.37 Å². The van der Waals surface area contributed by atoms with E-state index in [1.165, 1.54) is 6.42 Å². The Morgan fingerprint density at radius 3 is 2.80 bits per heavy atom. The molecule has 0 aliphatic heterocycles. The van der Waals surface area contributed by atoms with Crippen LogP contribution in [0.3, 0.4) is 0 Å². The van der Waals surface area contributed by atoms with Crippen LogP contribution in [0.4, 0.5) is 0 Å². The molecule has 140 valence electrons. The topological polar surface area (TPSA) is 115 Å². The van der Waals surface area contributed by atoms with Crippen molar-refractivity contribution in [2.24, 2.45) is 5.92 Å². The molecule has 1 heterocycles. The van der Waals surface area contributed by atoms with Crippen molar-refractivity contribution >= 4 is 30.1 Å². The van der Waals surface area contributed by atoms with Gasteiger partial charge in [0.25, 0.3) is 0 Å². The minimum absolute atomic E-state index is 0.00864. The van der Waals surface area contributed by atoms with Crippen molar-refractivity contribution in [3.63, 3.8) is 0 Å². The number of hydrogen-bond acceptors (Lipinski definition) is 4. The molecular weight excluding hydrogens is 404 g/mol. The normalized spacial score (nSPS) is 20.6. The molecule has 0 bridgehead atoms. The van der Waals surface area contributed by atoms with E-state index in [1.807, 2.05) is 0 Å². The Morgan fingerprint density at radius 2 is 2.16 bits per heavy atom. The monoisotopic (exact) mass is 431 g/mol. The van der Waals surface area contributed by atoms with Gasteiger partial charge in [0, 0.05) is 0 Å². The molecule has 0 aromatic carbocycles. The van der Waals surface area contributed by atoms with Crippen LogP contribution in [-0.2, 0) is 15.8 Å². The summed E-state index contributed by atoms with van der Waals surface area (Å²) >= 11 is 2.29. The zero-order valence-corrected chi connectivity index (χ0v) is 17.1. The van der Waals surface area contributed by atoms with E-state index in [-0.39, 0.29) is 35.4 Å². The van der Waals surface area contributed by atoms with E-state index in [1.54, 1.807) is 12.5 Å². The number of aromatic amines is 1. The average molecular weight is 431 g/mol. The molecule has 1 aromatic rings. The van der Waals surface area contributed by atoms with Crippen LogP contribution < -0.4 is 5.32 Å². The first-order valence-electron chi connectivity index (χ1n) is 8.77. The molecule has 1 aromatic heterocycles. The summed E-state index contributed by atoms with van der Waals surface area (Å²) in [5, 5.41) is 12.7. The van der Waals surface area contributed by atoms with Crippen molar-refractivity contribution in [2.45, 2.75) is 49.3 Å². The van der Waals surface area contributed by atoms with Crippen molar-refractivity contribution < 1.29 is 19.4 Å². The van der Waals surface area contributed by atoms with Gasteiger partial charge in [-0.15, -0.1) is 0 Å². The van der Waals surface area contributed by atoms with Gasteiger partial charge in [-0.3, -0.25) is 0 Å². The molecule has 1 fully saturated rings. The molecule has 1 aliphatic carbocycles. The average Bonchev–Trinajstić information content (AvgIpc) is 3.05. The van der Waals surface area contributed by atoms with Gasteiger partial charge in [-0.05, 0) is 0 Å². The number of imidazole rings is 1. The van der Waals surface area contributed by atoms with Gasteiger partial charge >= 0.3 is 157 Å². The van der Waals surface area contributed by atoms with Gasteiger partial charge in [0.05, 0.1) is 0 Å². The third-order valence-corrected chi connectivity index (χ3v) is 7.50. The van der Waals surface area contributed by atoms with E-state index in [0.717, 1.165) is 31.4 Å². The molecule has 3 atom stereocenters. The second-order valence-corrected chi connectivity index (χ2v) is 10.6. The third-order valence-electron chi connectivity index (χ3n) is 4.55. The van der Waals surface area contributed by atoms with Crippen molar-refractivity contribution in [3.05, 3.63) is 18.2 Å². The minimum atomic E-state index is -3.37. The second kappa shape index (κ2) is 9.91. The SMILES string of the molecule is O=C(NCC(O)CP(=O)(O)CC1CCCCC1)C([As])Cc1cnc[nH]1. The molecule has 2 radical (unpaired) electrons. The number of carbonyl (C=O) groups excluding carboxylic acids is 1. The maximum absolute atomic E-state index is 12.4. The molecule has 4 N–H and O–H groups in total. The Hall–Kier alpha value is -0.612. The van der Waals surface area contributed by atoms with Crippen LogP contribution in [0.25, 0.3) is 0 Å². The molecule has 25 heavy (non-hydrogen) atoms. The summed E-state index contributed by atoms with van der Waals surface area (Å²) in [6, 6.07) is 0. The summed E-state index contributed by atoms with van der Waals surface area (Å²) in [6.45, 7) is -0.00864. The molecule has 0 spiro atoms. The summed E-state index contributed by atoms with van der Waals surface area (Å²) in [6.07, 6.45) is 8.29. The van der Waals surface area contributed by atoms with Crippen LogP contribution in [0.1, 0.15) is 37.8 Å². The molecule has 0 saturated heterocycles. The number of aliphatic hydroxyl groups excluding tert-OH is 1. The molecular formula is C16H27AsN3O4P. The number of carbonyl (C=O) groups is 1. The van der Waals surface area contributed by atoms with E-state index in [4.69, 9.17) is 0 Å². The molecule has 1 saturated carbocycles. The summed E-state index contributed by atoms with van der Waals surface area (Å²) in [5.41, 5.74) is 0.855. The molecule has 1 aliphatic rings. The van der Waals surface area contributed by atoms with Crippen LogP contribution in [0.15, 0.2) is 12.5 Å². The van der Waals surface area contributed by atoms with Crippen LogP contribution in [0.5, 0.6) is 0 Å². The molecule has 7 nitrogen and oxygen atoms in total. The van der Waals surface area contributed by atoms with E-state index in [9.17, 15) is 19.4 Å². The van der Waals surface area contributed by atoms with E-state index in [2.05, 4.69) is 32.1 Å². The number of aliphatic hydroxyl groups is 1. The third kappa shape index (κ3) is 7.65. The van der Waals surface area contributed by atoms with E-state index < -0.39 is 13.5 Å². The number of nitrogens with one attached hydrogen (secondary N) is 2. The molecule has 3 unspecified atom stereocenters. The number of nitrogens with zero attached hydrogens (tertiary/aromatic N) is 1. The number of hydrogen-bond donors (Lipinski definition) is 4. The Morgan fingerprint density at radius 1 is 1.44 bits per heavy atom. The van der Waals surface area contributed by atoms with Gasteiger partial charge in [-0.1, -0.05) is 0 Å². The standard InChI is InChI=1S/C16H27AsN3O4P/c17-15(6-13-7-18-11-20-13)16(22)19-8-14(21)10-25(23,24)9-12-4-2-1-3-5-12/h7,11-12,14-15,21H,1-6,8-10H2,(H,18,20)(H,19,22)(H,23,24).